The number of rotatable bonds is 8. The third-order valence-corrected chi connectivity index (χ3v) is 2.50. The van der Waals surface area contributed by atoms with Crippen LogP contribution in [0.15, 0.2) is 0 Å². The summed E-state index contributed by atoms with van der Waals surface area (Å²) < 4.78 is 5.34. The summed E-state index contributed by atoms with van der Waals surface area (Å²) in [6.07, 6.45) is 4.25. The van der Waals surface area contributed by atoms with Gasteiger partial charge in [0.15, 0.2) is 0 Å². The lowest BCUT2D eigenvalue weighted by Crippen LogP contribution is -2.23. The molecule has 0 aromatic rings. The van der Waals surface area contributed by atoms with Crippen molar-refractivity contribution in [3.63, 3.8) is 0 Å². The second-order valence-corrected chi connectivity index (χ2v) is 4.36. The number of carbonyl (C=O) groups is 1. The van der Waals surface area contributed by atoms with Gasteiger partial charge in [0.25, 0.3) is 0 Å². The van der Waals surface area contributed by atoms with Crippen LogP contribution < -0.4 is 0 Å². The third kappa shape index (κ3) is 6.14. The van der Waals surface area contributed by atoms with Gasteiger partial charge in [-0.1, -0.05) is 33.6 Å². The summed E-state index contributed by atoms with van der Waals surface area (Å²) in [5, 5.41) is 0. The normalized spacial score (nSPS) is 15.5. The summed E-state index contributed by atoms with van der Waals surface area (Å²) >= 11 is 0. The molecule has 0 spiro atoms. The molecular weight excluding hydrogens is 176 g/mol. The second-order valence-electron chi connectivity index (χ2n) is 4.36. The van der Waals surface area contributed by atoms with Crippen molar-refractivity contribution in [1.82, 2.24) is 0 Å². The molecule has 2 atom stereocenters. The van der Waals surface area contributed by atoms with Gasteiger partial charge in [0, 0.05) is 6.61 Å². The first-order chi connectivity index (χ1) is 6.61. The maximum atomic E-state index is 10.7. The van der Waals surface area contributed by atoms with Gasteiger partial charge in [0.2, 0.25) is 0 Å². The first-order valence-corrected chi connectivity index (χ1v) is 5.68. The average molecular weight is 200 g/mol. The van der Waals surface area contributed by atoms with E-state index in [1.54, 1.807) is 0 Å². The predicted octanol–water partition coefficient (Wildman–Crippen LogP) is 3.05. The molecular formula is C12H24O2. The molecule has 0 heterocycles. The van der Waals surface area contributed by atoms with E-state index in [1.807, 2.05) is 6.92 Å². The maximum Gasteiger partial charge on any atom is 0.149 e. The van der Waals surface area contributed by atoms with Gasteiger partial charge >= 0.3 is 0 Å². The van der Waals surface area contributed by atoms with Crippen LogP contribution >= 0.6 is 0 Å². The smallest absolute Gasteiger partial charge is 0.149 e. The Morgan fingerprint density at radius 3 is 2.29 bits per heavy atom. The lowest BCUT2D eigenvalue weighted by molar-refractivity contribution is -0.120. The molecule has 0 aliphatic rings. The van der Waals surface area contributed by atoms with E-state index in [0.717, 1.165) is 18.6 Å². The zero-order chi connectivity index (χ0) is 11.0. The Balaban J connectivity index is 3.68. The van der Waals surface area contributed by atoms with Gasteiger partial charge in [-0.25, -0.2) is 0 Å². The zero-order valence-electron chi connectivity index (χ0n) is 9.95. The summed E-state index contributed by atoms with van der Waals surface area (Å²) in [6, 6.07) is 0. The van der Waals surface area contributed by atoms with Crippen molar-refractivity contribution in [2.45, 2.75) is 53.1 Å². The standard InChI is InChI=1S/C12H24O2/c1-5-14-12(9-13)11(4)8-6-7-10(2)3/h9-12H,5-8H2,1-4H3. The molecule has 84 valence electrons. The van der Waals surface area contributed by atoms with E-state index in [0.29, 0.717) is 12.5 Å². The van der Waals surface area contributed by atoms with Gasteiger partial charge in [-0.3, -0.25) is 0 Å². The fraction of sp³-hybridized carbons (Fsp3) is 0.917. The van der Waals surface area contributed by atoms with Gasteiger partial charge in [-0.15, -0.1) is 0 Å². The quantitative estimate of drug-likeness (QED) is 0.563. The van der Waals surface area contributed by atoms with E-state index in [-0.39, 0.29) is 6.10 Å². The molecule has 0 aromatic heterocycles. The monoisotopic (exact) mass is 200 g/mol. The third-order valence-electron chi connectivity index (χ3n) is 2.50. The van der Waals surface area contributed by atoms with Crippen molar-refractivity contribution < 1.29 is 9.53 Å². The molecule has 0 aliphatic carbocycles. The van der Waals surface area contributed by atoms with E-state index in [4.69, 9.17) is 4.74 Å². The van der Waals surface area contributed by atoms with Crippen LogP contribution in [0.4, 0.5) is 0 Å². The molecule has 0 rings (SSSR count). The number of carbonyl (C=O) groups excluding carboxylic acids is 1. The van der Waals surface area contributed by atoms with Crippen molar-refractivity contribution >= 4 is 6.29 Å². The lowest BCUT2D eigenvalue weighted by Gasteiger charge is -2.18. The molecule has 0 saturated carbocycles. The van der Waals surface area contributed by atoms with Crippen molar-refractivity contribution in [3.05, 3.63) is 0 Å². The number of hydrogen-bond donors (Lipinski definition) is 0. The van der Waals surface area contributed by atoms with Crippen LogP contribution in [0.25, 0.3) is 0 Å². The largest absolute Gasteiger partial charge is 0.371 e. The highest BCUT2D eigenvalue weighted by Crippen LogP contribution is 2.16. The Labute approximate surface area is 88.0 Å². The Kier molecular flexibility index (Phi) is 7.77. The average Bonchev–Trinajstić information content (AvgIpc) is 2.13. The van der Waals surface area contributed by atoms with E-state index >= 15 is 0 Å². The van der Waals surface area contributed by atoms with Gasteiger partial charge in [-0.2, -0.15) is 0 Å². The van der Waals surface area contributed by atoms with E-state index in [9.17, 15) is 4.79 Å². The van der Waals surface area contributed by atoms with Crippen molar-refractivity contribution in [1.29, 1.82) is 0 Å². The van der Waals surface area contributed by atoms with Crippen molar-refractivity contribution in [2.24, 2.45) is 11.8 Å². The molecule has 2 heteroatoms. The van der Waals surface area contributed by atoms with Crippen LogP contribution in [-0.2, 0) is 9.53 Å². The van der Waals surface area contributed by atoms with Gasteiger partial charge < -0.3 is 9.53 Å². The van der Waals surface area contributed by atoms with Gasteiger partial charge in [0.05, 0.1) is 0 Å². The first-order valence-electron chi connectivity index (χ1n) is 5.68. The van der Waals surface area contributed by atoms with Gasteiger partial charge in [0.1, 0.15) is 12.4 Å². The Morgan fingerprint density at radius 1 is 1.21 bits per heavy atom. The summed E-state index contributed by atoms with van der Waals surface area (Å²) in [5.41, 5.74) is 0. The molecule has 2 nitrogen and oxygen atoms in total. The second kappa shape index (κ2) is 7.98. The highest BCUT2D eigenvalue weighted by atomic mass is 16.5. The highest BCUT2D eigenvalue weighted by molar-refractivity contribution is 5.56. The Hall–Kier alpha value is -0.370. The number of ether oxygens (including phenoxy) is 1. The summed E-state index contributed by atoms with van der Waals surface area (Å²) in [4.78, 5) is 10.7. The summed E-state index contributed by atoms with van der Waals surface area (Å²) in [7, 11) is 0. The van der Waals surface area contributed by atoms with Crippen LogP contribution in [0, 0.1) is 11.8 Å². The summed E-state index contributed by atoms with van der Waals surface area (Å²) in [5.74, 6) is 1.11. The molecule has 14 heavy (non-hydrogen) atoms. The zero-order valence-corrected chi connectivity index (χ0v) is 9.95. The molecule has 0 radical (unpaired) electrons. The minimum absolute atomic E-state index is 0.202. The first kappa shape index (κ1) is 13.6. The SMILES string of the molecule is CCOC(C=O)C(C)CCCC(C)C. The summed E-state index contributed by atoms with van der Waals surface area (Å²) in [6.45, 7) is 9.10. The van der Waals surface area contributed by atoms with Gasteiger partial charge in [-0.05, 0) is 25.2 Å². The molecule has 0 amide bonds. The fourth-order valence-corrected chi connectivity index (χ4v) is 1.54. The molecule has 0 bridgehead atoms. The molecule has 0 N–H and O–H groups in total. The van der Waals surface area contributed by atoms with Crippen LogP contribution in [0.2, 0.25) is 0 Å². The fourth-order valence-electron chi connectivity index (χ4n) is 1.54. The maximum absolute atomic E-state index is 10.7. The predicted molar refractivity (Wildman–Crippen MR) is 59.3 cm³/mol. The minimum Gasteiger partial charge on any atom is -0.371 e. The van der Waals surface area contributed by atoms with E-state index in [2.05, 4.69) is 20.8 Å². The van der Waals surface area contributed by atoms with E-state index < -0.39 is 0 Å². The lowest BCUT2D eigenvalue weighted by atomic mass is 9.96. The molecule has 0 aliphatic heterocycles. The van der Waals surface area contributed by atoms with Crippen LogP contribution in [0.3, 0.4) is 0 Å². The minimum atomic E-state index is -0.202. The number of hydrogen-bond acceptors (Lipinski definition) is 2. The van der Waals surface area contributed by atoms with Crippen LogP contribution in [0.1, 0.15) is 47.0 Å². The molecule has 2 unspecified atom stereocenters. The van der Waals surface area contributed by atoms with Crippen LogP contribution in [0.5, 0.6) is 0 Å². The Bertz CT molecular complexity index is 143. The topological polar surface area (TPSA) is 26.3 Å². The van der Waals surface area contributed by atoms with Crippen molar-refractivity contribution in [3.8, 4) is 0 Å². The Morgan fingerprint density at radius 2 is 1.86 bits per heavy atom. The highest BCUT2D eigenvalue weighted by Gasteiger charge is 2.15. The number of aldehydes is 1. The van der Waals surface area contributed by atoms with Crippen LogP contribution in [-0.4, -0.2) is 19.0 Å². The van der Waals surface area contributed by atoms with E-state index in [1.165, 1.54) is 12.8 Å². The van der Waals surface area contributed by atoms with Crippen molar-refractivity contribution in [2.75, 3.05) is 6.61 Å². The molecule has 0 aromatic carbocycles. The molecule has 0 fully saturated rings. The molecule has 0 saturated heterocycles.